The number of carbonyl (C=O) groups is 3. The first-order valence-electron chi connectivity index (χ1n) is 9.07. The summed E-state index contributed by atoms with van der Waals surface area (Å²) in [5.41, 5.74) is 3.11. The Morgan fingerprint density at radius 2 is 1.78 bits per heavy atom. The maximum Gasteiger partial charge on any atom is 0.275 e. The highest BCUT2D eigenvalue weighted by atomic mass is 32.2. The Labute approximate surface area is 162 Å². The van der Waals surface area contributed by atoms with Crippen molar-refractivity contribution in [3.8, 4) is 0 Å². The number of para-hydroxylation sites is 1. The lowest BCUT2D eigenvalue weighted by Crippen LogP contribution is -2.50. The van der Waals surface area contributed by atoms with Gasteiger partial charge in [0.2, 0.25) is 16.7 Å². The van der Waals surface area contributed by atoms with Gasteiger partial charge in [-0.1, -0.05) is 44.2 Å². The number of rotatable bonds is 3. The Kier molecular flexibility index (Phi) is 4.30. The summed E-state index contributed by atoms with van der Waals surface area (Å²) >= 11 is 1.29. The maximum atomic E-state index is 13.5. The van der Waals surface area contributed by atoms with Gasteiger partial charge in [-0.25, -0.2) is 4.90 Å². The molecule has 2 aliphatic heterocycles. The van der Waals surface area contributed by atoms with Crippen LogP contribution in [0.5, 0.6) is 0 Å². The average molecular weight is 380 g/mol. The van der Waals surface area contributed by atoms with Crippen LogP contribution >= 0.6 is 11.8 Å². The molecule has 1 spiro atoms. The van der Waals surface area contributed by atoms with E-state index in [1.165, 1.54) is 16.7 Å². The van der Waals surface area contributed by atoms with Gasteiger partial charge in [0.25, 0.3) is 5.91 Å². The van der Waals surface area contributed by atoms with E-state index in [9.17, 15) is 14.4 Å². The van der Waals surface area contributed by atoms with Crippen molar-refractivity contribution in [1.29, 1.82) is 0 Å². The van der Waals surface area contributed by atoms with Crippen molar-refractivity contribution in [1.82, 2.24) is 0 Å². The predicted octanol–water partition coefficient (Wildman–Crippen LogP) is 3.47. The van der Waals surface area contributed by atoms with Gasteiger partial charge in [-0.2, -0.15) is 0 Å². The number of anilines is 2. The van der Waals surface area contributed by atoms with Crippen molar-refractivity contribution in [3.05, 3.63) is 59.7 Å². The molecule has 6 heteroatoms. The first-order valence-corrected chi connectivity index (χ1v) is 10.1. The van der Waals surface area contributed by atoms with Crippen molar-refractivity contribution in [2.24, 2.45) is 0 Å². The van der Waals surface area contributed by atoms with Gasteiger partial charge in [-0.3, -0.25) is 19.3 Å². The van der Waals surface area contributed by atoms with Crippen LogP contribution in [0.1, 0.15) is 31.4 Å². The van der Waals surface area contributed by atoms with E-state index in [-0.39, 0.29) is 29.9 Å². The number of amides is 3. The number of thioether (sulfide) groups is 1. The Balaban J connectivity index is 1.90. The summed E-state index contributed by atoms with van der Waals surface area (Å²) in [5.74, 6) is -0.543. The van der Waals surface area contributed by atoms with Gasteiger partial charge in [-0.15, -0.1) is 11.8 Å². The fourth-order valence-electron chi connectivity index (χ4n) is 3.77. The van der Waals surface area contributed by atoms with Crippen LogP contribution in [-0.2, 0) is 25.7 Å². The SMILES string of the molecule is CCC(=O)N1C(=O)[C@]2(SCC(=O)N2c2ccc(CC)cc2)c2ccccc21. The van der Waals surface area contributed by atoms with Gasteiger partial charge in [-0.05, 0) is 30.2 Å². The van der Waals surface area contributed by atoms with E-state index < -0.39 is 4.87 Å². The molecule has 2 aromatic rings. The van der Waals surface area contributed by atoms with Gasteiger partial charge in [0.1, 0.15) is 0 Å². The summed E-state index contributed by atoms with van der Waals surface area (Å²) in [6, 6.07) is 15.0. The molecule has 2 aromatic carbocycles. The highest BCUT2D eigenvalue weighted by molar-refractivity contribution is 8.02. The molecule has 0 bridgehead atoms. The quantitative estimate of drug-likeness (QED) is 0.818. The number of aryl methyl sites for hydroxylation is 1. The number of imide groups is 1. The van der Waals surface area contributed by atoms with Gasteiger partial charge in [0.05, 0.1) is 11.4 Å². The number of fused-ring (bicyclic) bond motifs is 2. The molecular formula is C21H20N2O3S. The second-order valence-corrected chi connectivity index (χ2v) is 7.76. The minimum Gasteiger partial charge on any atom is -0.283 e. The summed E-state index contributed by atoms with van der Waals surface area (Å²) in [5, 5.41) is 0. The van der Waals surface area contributed by atoms with Crippen molar-refractivity contribution in [3.63, 3.8) is 0 Å². The molecule has 0 N–H and O–H groups in total. The standard InChI is InChI=1S/C21H20N2O3S/c1-3-14-9-11-15(12-10-14)23-19(25)13-27-21(23)16-7-5-6-8-17(16)22(20(21)26)18(24)4-2/h5-12H,3-4,13H2,1-2H3/t21-/m1/s1. The third-order valence-electron chi connectivity index (χ3n) is 5.13. The van der Waals surface area contributed by atoms with Crippen molar-refractivity contribution in [2.75, 3.05) is 15.6 Å². The molecule has 0 aromatic heterocycles. The Hall–Kier alpha value is -2.60. The molecule has 1 saturated heterocycles. The molecule has 3 amide bonds. The molecule has 4 rings (SSSR count). The molecule has 0 saturated carbocycles. The van der Waals surface area contributed by atoms with E-state index in [0.717, 1.165) is 12.0 Å². The summed E-state index contributed by atoms with van der Waals surface area (Å²) in [6.45, 7) is 3.80. The Morgan fingerprint density at radius 1 is 1.07 bits per heavy atom. The average Bonchev–Trinajstić information content (AvgIpc) is 3.17. The third-order valence-corrected chi connectivity index (χ3v) is 6.51. The first-order chi connectivity index (χ1) is 13.0. The molecule has 27 heavy (non-hydrogen) atoms. The molecule has 1 fully saturated rings. The molecule has 1 atom stereocenters. The van der Waals surface area contributed by atoms with E-state index in [2.05, 4.69) is 6.92 Å². The lowest BCUT2D eigenvalue weighted by Gasteiger charge is -2.33. The fourth-order valence-corrected chi connectivity index (χ4v) is 5.11. The van der Waals surface area contributed by atoms with Crippen LogP contribution in [0, 0.1) is 0 Å². The van der Waals surface area contributed by atoms with E-state index >= 15 is 0 Å². The van der Waals surface area contributed by atoms with Crippen LogP contribution in [0.4, 0.5) is 11.4 Å². The van der Waals surface area contributed by atoms with Crippen LogP contribution in [0.3, 0.4) is 0 Å². The van der Waals surface area contributed by atoms with Crippen molar-refractivity contribution >= 4 is 40.9 Å². The normalized spacial score (nSPS) is 21.3. The molecule has 0 aliphatic carbocycles. The molecular weight excluding hydrogens is 360 g/mol. The van der Waals surface area contributed by atoms with E-state index in [1.54, 1.807) is 17.9 Å². The lowest BCUT2D eigenvalue weighted by atomic mass is 10.0. The number of benzene rings is 2. The smallest absolute Gasteiger partial charge is 0.275 e. The second kappa shape index (κ2) is 6.53. The number of nitrogens with zero attached hydrogens (tertiary/aromatic N) is 2. The number of hydrogen-bond acceptors (Lipinski definition) is 4. The van der Waals surface area contributed by atoms with Crippen molar-refractivity contribution < 1.29 is 14.4 Å². The number of hydrogen-bond donors (Lipinski definition) is 0. The van der Waals surface area contributed by atoms with Gasteiger partial charge in [0, 0.05) is 17.7 Å². The predicted molar refractivity (Wildman–Crippen MR) is 107 cm³/mol. The maximum absolute atomic E-state index is 13.5. The highest BCUT2D eigenvalue weighted by Gasteiger charge is 2.61. The first kappa shape index (κ1) is 17.8. The second-order valence-electron chi connectivity index (χ2n) is 6.59. The molecule has 5 nitrogen and oxygen atoms in total. The van der Waals surface area contributed by atoms with Crippen LogP contribution in [0.15, 0.2) is 48.5 Å². The van der Waals surface area contributed by atoms with E-state index in [4.69, 9.17) is 0 Å². The van der Waals surface area contributed by atoms with Crippen LogP contribution in [0.25, 0.3) is 0 Å². The zero-order valence-electron chi connectivity index (χ0n) is 15.3. The molecule has 0 radical (unpaired) electrons. The topological polar surface area (TPSA) is 57.7 Å². The van der Waals surface area contributed by atoms with Crippen LogP contribution < -0.4 is 9.80 Å². The molecule has 2 heterocycles. The monoisotopic (exact) mass is 380 g/mol. The minimum atomic E-state index is -1.22. The largest absolute Gasteiger partial charge is 0.283 e. The molecule has 0 unspecified atom stereocenters. The summed E-state index contributed by atoms with van der Waals surface area (Å²) in [7, 11) is 0. The van der Waals surface area contributed by atoms with Gasteiger partial charge in [0.15, 0.2) is 0 Å². The van der Waals surface area contributed by atoms with E-state index in [1.807, 2.05) is 42.5 Å². The van der Waals surface area contributed by atoms with Crippen LogP contribution in [-0.4, -0.2) is 23.5 Å². The van der Waals surface area contributed by atoms with Gasteiger partial charge >= 0.3 is 0 Å². The zero-order chi connectivity index (χ0) is 19.2. The fraction of sp³-hybridized carbons (Fsp3) is 0.286. The zero-order valence-corrected chi connectivity index (χ0v) is 16.1. The van der Waals surface area contributed by atoms with E-state index in [0.29, 0.717) is 16.9 Å². The third kappa shape index (κ3) is 2.43. The summed E-state index contributed by atoms with van der Waals surface area (Å²) in [6.07, 6.45) is 1.12. The summed E-state index contributed by atoms with van der Waals surface area (Å²) in [4.78, 5) is 40.5. The molecule has 138 valence electrons. The Morgan fingerprint density at radius 3 is 2.44 bits per heavy atom. The van der Waals surface area contributed by atoms with Gasteiger partial charge < -0.3 is 0 Å². The highest BCUT2D eigenvalue weighted by Crippen LogP contribution is 2.55. The molecule has 2 aliphatic rings. The van der Waals surface area contributed by atoms with Crippen LogP contribution in [0.2, 0.25) is 0 Å². The summed E-state index contributed by atoms with van der Waals surface area (Å²) < 4.78 is 0. The Bertz CT molecular complexity index is 941. The van der Waals surface area contributed by atoms with Crippen molar-refractivity contribution in [2.45, 2.75) is 31.6 Å². The minimum absolute atomic E-state index is 0.127. The number of carbonyl (C=O) groups excluding carboxylic acids is 3. The lowest BCUT2D eigenvalue weighted by molar-refractivity contribution is -0.128.